The van der Waals surface area contributed by atoms with Crippen LogP contribution in [0.1, 0.15) is 24.3 Å². The number of amides is 2. The molecule has 23 heavy (non-hydrogen) atoms. The third kappa shape index (κ3) is 3.11. The van der Waals surface area contributed by atoms with Crippen molar-refractivity contribution >= 4 is 23.2 Å². The molecular weight excluding hydrogens is 288 g/mol. The van der Waals surface area contributed by atoms with E-state index in [-0.39, 0.29) is 17.7 Å². The molecule has 0 radical (unpaired) electrons. The summed E-state index contributed by atoms with van der Waals surface area (Å²) >= 11 is 0. The van der Waals surface area contributed by atoms with E-state index in [2.05, 4.69) is 0 Å². The monoisotopic (exact) mass is 308 g/mol. The topological polar surface area (TPSA) is 40.6 Å². The van der Waals surface area contributed by atoms with Crippen LogP contribution in [0.5, 0.6) is 0 Å². The first kappa shape index (κ1) is 15.3. The predicted octanol–water partition coefficient (Wildman–Crippen LogP) is 3.19. The molecule has 1 saturated heterocycles. The molecule has 0 saturated carbocycles. The maximum absolute atomic E-state index is 12.5. The highest BCUT2D eigenvalue weighted by atomic mass is 16.2. The lowest BCUT2D eigenvalue weighted by atomic mass is 9.88. The van der Waals surface area contributed by atoms with Gasteiger partial charge in [-0.3, -0.25) is 14.5 Å². The van der Waals surface area contributed by atoms with E-state index in [1.807, 2.05) is 73.6 Å². The zero-order chi connectivity index (χ0) is 16.4. The molecule has 0 aromatic heterocycles. The number of piperidine rings is 1. The first-order valence-electron chi connectivity index (χ1n) is 7.74. The van der Waals surface area contributed by atoms with Crippen molar-refractivity contribution in [3.8, 4) is 0 Å². The molecule has 2 aromatic rings. The summed E-state index contributed by atoms with van der Waals surface area (Å²) in [5.41, 5.74) is 2.74. The highest BCUT2D eigenvalue weighted by Crippen LogP contribution is 2.32. The van der Waals surface area contributed by atoms with Gasteiger partial charge in [-0.1, -0.05) is 30.3 Å². The van der Waals surface area contributed by atoms with Gasteiger partial charge in [0.15, 0.2) is 0 Å². The molecule has 0 atom stereocenters. The second-order valence-electron chi connectivity index (χ2n) is 6.05. The molecule has 1 aliphatic rings. The van der Waals surface area contributed by atoms with Gasteiger partial charge in [0.2, 0.25) is 11.8 Å². The van der Waals surface area contributed by atoms with Gasteiger partial charge >= 0.3 is 0 Å². The Balaban J connectivity index is 1.80. The molecule has 118 valence electrons. The van der Waals surface area contributed by atoms with Crippen LogP contribution in [-0.2, 0) is 9.59 Å². The van der Waals surface area contributed by atoms with E-state index >= 15 is 0 Å². The first-order chi connectivity index (χ1) is 11.1. The van der Waals surface area contributed by atoms with Crippen LogP contribution in [0.4, 0.5) is 11.4 Å². The number of carbonyl (C=O) groups excluding carboxylic acids is 2. The Morgan fingerprint density at radius 1 is 0.870 bits per heavy atom. The fourth-order valence-electron chi connectivity index (χ4n) is 2.96. The molecule has 1 aliphatic heterocycles. The predicted molar refractivity (Wildman–Crippen MR) is 91.7 cm³/mol. The second-order valence-corrected chi connectivity index (χ2v) is 6.05. The number of imide groups is 1. The summed E-state index contributed by atoms with van der Waals surface area (Å²) in [5, 5.41) is 0. The standard InChI is InChI=1S/C19H20N2O2/c1-20(2)16-8-10-17(11-9-16)21-18(22)12-15(13-19(21)23)14-6-4-3-5-7-14/h3-11,15H,12-13H2,1-2H3. The average molecular weight is 308 g/mol. The Morgan fingerprint density at radius 2 is 1.43 bits per heavy atom. The van der Waals surface area contributed by atoms with Crippen LogP contribution in [0.2, 0.25) is 0 Å². The molecule has 0 aliphatic carbocycles. The van der Waals surface area contributed by atoms with Crippen molar-refractivity contribution in [2.24, 2.45) is 0 Å². The molecule has 2 aromatic carbocycles. The van der Waals surface area contributed by atoms with Gasteiger partial charge in [0.1, 0.15) is 0 Å². The zero-order valence-corrected chi connectivity index (χ0v) is 13.4. The molecule has 4 nitrogen and oxygen atoms in total. The fraction of sp³-hybridized carbons (Fsp3) is 0.263. The van der Waals surface area contributed by atoms with E-state index in [1.54, 1.807) is 0 Å². The van der Waals surface area contributed by atoms with Gasteiger partial charge in [-0.05, 0) is 29.8 Å². The van der Waals surface area contributed by atoms with Crippen molar-refractivity contribution < 1.29 is 9.59 Å². The van der Waals surface area contributed by atoms with Crippen LogP contribution >= 0.6 is 0 Å². The maximum atomic E-state index is 12.5. The van der Waals surface area contributed by atoms with Crippen LogP contribution in [0.15, 0.2) is 54.6 Å². The third-order valence-corrected chi connectivity index (χ3v) is 4.24. The number of hydrogen-bond acceptors (Lipinski definition) is 3. The fourth-order valence-corrected chi connectivity index (χ4v) is 2.96. The number of hydrogen-bond donors (Lipinski definition) is 0. The van der Waals surface area contributed by atoms with Gasteiger partial charge in [-0.2, -0.15) is 0 Å². The zero-order valence-electron chi connectivity index (χ0n) is 13.4. The SMILES string of the molecule is CN(C)c1ccc(N2C(=O)CC(c3ccccc3)CC2=O)cc1. The number of nitrogens with zero attached hydrogens (tertiary/aromatic N) is 2. The second kappa shape index (κ2) is 6.24. The lowest BCUT2D eigenvalue weighted by molar-refractivity contribution is -0.129. The van der Waals surface area contributed by atoms with Crippen molar-refractivity contribution in [2.75, 3.05) is 23.9 Å². The molecule has 0 bridgehead atoms. The molecule has 1 fully saturated rings. The minimum Gasteiger partial charge on any atom is -0.378 e. The molecular formula is C19H20N2O2. The first-order valence-corrected chi connectivity index (χ1v) is 7.74. The van der Waals surface area contributed by atoms with Crippen molar-refractivity contribution in [1.29, 1.82) is 0 Å². The summed E-state index contributed by atoms with van der Waals surface area (Å²) < 4.78 is 0. The van der Waals surface area contributed by atoms with E-state index < -0.39 is 0 Å². The molecule has 1 heterocycles. The van der Waals surface area contributed by atoms with E-state index in [1.165, 1.54) is 4.90 Å². The van der Waals surface area contributed by atoms with Crippen LogP contribution in [-0.4, -0.2) is 25.9 Å². The third-order valence-electron chi connectivity index (χ3n) is 4.24. The van der Waals surface area contributed by atoms with E-state index in [0.29, 0.717) is 18.5 Å². The van der Waals surface area contributed by atoms with Crippen LogP contribution in [0.3, 0.4) is 0 Å². The normalized spacial score (nSPS) is 15.8. The molecule has 2 amide bonds. The Labute approximate surface area is 136 Å². The van der Waals surface area contributed by atoms with E-state index in [4.69, 9.17) is 0 Å². The maximum Gasteiger partial charge on any atom is 0.234 e. The van der Waals surface area contributed by atoms with Gasteiger partial charge in [0.25, 0.3) is 0 Å². The van der Waals surface area contributed by atoms with Gasteiger partial charge in [-0.25, -0.2) is 0 Å². The van der Waals surface area contributed by atoms with Crippen LogP contribution < -0.4 is 9.80 Å². The van der Waals surface area contributed by atoms with Gasteiger partial charge < -0.3 is 4.90 Å². The molecule has 3 rings (SSSR count). The number of anilines is 2. The van der Waals surface area contributed by atoms with Crippen LogP contribution in [0, 0.1) is 0 Å². The molecule has 0 N–H and O–H groups in total. The number of rotatable bonds is 3. The summed E-state index contributed by atoms with van der Waals surface area (Å²) in [7, 11) is 3.91. The summed E-state index contributed by atoms with van der Waals surface area (Å²) in [6, 6.07) is 17.3. The van der Waals surface area contributed by atoms with Crippen molar-refractivity contribution in [2.45, 2.75) is 18.8 Å². The minimum atomic E-state index is -0.132. The van der Waals surface area contributed by atoms with Gasteiger partial charge in [0, 0.05) is 38.5 Å². The number of benzene rings is 2. The van der Waals surface area contributed by atoms with Crippen molar-refractivity contribution in [3.05, 3.63) is 60.2 Å². The number of carbonyl (C=O) groups is 2. The van der Waals surface area contributed by atoms with Crippen LogP contribution in [0.25, 0.3) is 0 Å². The highest BCUT2D eigenvalue weighted by Gasteiger charge is 2.34. The summed E-state index contributed by atoms with van der Waals surface area (Å²) in [4.78, 5) is 28.3. The smallest absolute Gasteiger partial charge is 0.234 e. The lowest BCUT2D eigenvalue weighted by Gasteiger charge is -2.30. The Hall–Kier alpha value is -2.62. The molecule has 4 heteroatoms. The summed E-state index contributed by atoms with van der Waals surface area (Å²) in [6.07, 6.45) is 0.733. The lowest BCUT2D eigenvalue weighted by Crippen LogP contribution is -2.42. The Bertz CT molecular complexity index is 690. The minimum absolute atomic E-state index is 0.0199. The summed E-state index contributed by atoms with van der Waals surface area (Å²) in [6.45, 7) is 0. The highest BCUT2D eigenvalue weighted by molar-refractivity contribution is 6.17. The van der Waals surface area contributed by atoms with Gasteiger partial charge in [0.05, 0.1) is 5.69 Å². The molecule has 0 spiro atoms. The quantitative estimate of drug-likeness (QED) is 0.818. The van der Waals surface area contributed by atoms with Crippen molar-refractivity contribution in [3.63, 3.8) is 0 Å². The largest absolute Gasteiger partial charge is 0.378 e. The van der Waals surface area contributed by atoms with Gasteiger partial charge in [-0.15, -0.1) is 0 Å². The Kier molecular flexibility index (Phi) is 4.15. The Morgan fingerprint density at radius 3 is 1.96 bits per heavy atom. The van der Waals surface area contributed by atoms with Crippen molar-refractivity contribution in [1.82, 2.24) is 0 Å². The molecule has 0 unspecified atom stereocenters. The van der Waals surface area contributed by atoms with E-state index in [0.717, 1.165) is 11.3 Å². The van der Waals surface area contributed by atoms with E-state index in [9.17, 15) is 9.59 Å². The summed E-state index contributed by atoms with van der Waals surface area (Å²) in [5.74, 6) is -0.283. The average Bonchev–Trinajstić information content (AvgIpc) is 2.55.